The van der Waals surface area contributed by atoms with Crippen molar-refractivity contribution < 1.29 is 0 Å². The minimum Gasteiger partial charge on any atom is -0.313 e. The number of benzene rings is 9. The lowest BCUT2D eigenvalue weighted by Crippen LogP contribution is -2.14. The predicted molar refractivity (Wildman–Crippen MR) is 280 cm³/mol. The van der Waals surface area contributed by atoms with Crippen LogP contribution < -0.4 is 4.90 Å². The maximum atomic E-state index is 2.48. The Morgan fingerprint density at radius 3 is 1.76 bits per heavy atom. The Labute approximate surface area is 383 Å². The lowest BCUT2D eigenvalue weighted by atomic mass is 9.82. The molecule has 0 radical (unpaired) electrons. The summed E-state index contributed by atoms with van der Waals surface area (Å²) in [5.74, 6) is 0. The number of aromatic nitrogens is 2. The van der Waals surface area contributed by atoms with Crippen molar-refractivity contribution in [3.8, 4) is 33.4 Å². The second kappa shape index (κ2) is 13.9. The molecule has 66 heavy (non-hydrogen) atoms. The second-order valence-electron chi connectivity index (χ2n) is 18.8. The molecule has 2 aliphatic rings. The molecule has 0 spiro atoms. The van der Waals surface area contributed by atoms with Crippen LogP contribution in [0.2, 0.25) is 0 Å². The minimum atomic E-state index is -0.0189. The fourth-order valence-corrected chi connectivity index (χ4v) is 11.8. The standard InChI is InChI=1S/C63H45N3/c1-63(2)54-20-10-6-16-47(54)52-38-42(28-35-55(52)63)40-24-30-45(31-25-40)64(60-37-34-50-48-17-7-12-22-57(48)66-58-23-13-9-19-51(58)61(60)62(50)66)46-32-26-41(27-33-46)43-29-36-59-53(39-43)49-18-8-11-21-56(49)65(59)44-14-4-3-5-15-44/h3-4,6-14,16-39H,5,15H2,1-2H3. The molecular weight excluding hydrogens is 799 g/mol. The van der Waals surface area contributed by atoms with Gasteiger partial charge in [-0.3, -0.25) is 0 Å². The molecule has 0 aliphatic heterocycles. The highest BCUT2D eigenvalue weighted by molar-refractivity contribution is 6.27. The van der Waals surface area contributed by atoms with Gasteiger partial charge in [0.25, 0.3) is 0 Å². The summed E-state index contributed by atoms with van der Waals surface area (Å²) in [4.78, 5) is 2.47. The number of para-hydroxylation sites is 3. The normalized spacial score (nSPS) is 14.2. The molecule has 0 fully saturated rings. The first-order chi connectivity index (χ1) is 32.5. The highest BCUT2D eigenvalue weighted by atomic mass is 15.1. The van der Waals surface area contributed by atoms with Gasteiger partial charge in [-0.15, -0.1) is 0 Å². The quantitative estimate of drug-likeness (QED) is 0.162. The summed E-state index contributed by atoms with van der Waals surface area (Å²) in [6, 6.07) is 72.7. The first-order valence-corrected chi connectivity index (χ1v) is 23.3. The number of hydrogen-bond donors (Lipinski definition) is 0. The van der Waals surface area contributed by atoms with Crippen LogP contribution in [-0.2, 0) is 5.41 Å². The Morgan fingerprint density at radius 1 is 0.455 bits per heavy atom. The van der Waals surface area contributed by atoms with Gasteiger partial charge in [0.05, 0.1) is 33.3 Å². The van der Waals surface area contributed by atoms with Gasteiger partial charge in [-0.25, -0.2) is 0 Å². The van der Waals surface area contributed by atoms with Gasteiger partial charge in [-0.1, -0.05) is 153 Å². The van der Waals surface area contributed by atoms with Gasteiger partial charge < -0.3 is 13.9 Å². The first kappa shape index (κ1) is 37.3. The van der Waals surface area contributed by atoms with Crippen molar-refractivity contribution >= 4 is 82.7 Å². The summed E-state index contributed by atoms with van der Waals surface area (Å²) in [5.41, 5.74) is 21.3. The van der Waals surface area contributed by atoms with Crippen LogP contribution in [0.3, 0.4) is 0 Å². The fourth-order valence-electron chi connectivity index (χ4n) is 11.8. The molecule has 312 valence electrons. The Kier molecular flexibility index (Phi) is 7.86. The van der Waals surface area contributed by atoms with Crippen LogP contribution in [0.15, 0.2) is 212 Å². The lowest BCUT2D eigenvalue weighted by molar-refractivity contribution is 0.660. The number of rotatable bonds is 6. The van der Waals surface area contributed by atoms with E-state index in [0.717, 1.165) is 29.9 Å². The van der Waals surface area contributed by atoms with E-state index >= 15 is 0 Å². The van der Waals surface area contributed by atoms with Crippen molar-refractivity contribution in [3.63, 3.8) is 0 Å². The molecule has 2 aliphatic carbocycles. The van der Waals surface area contributed by atoms with Gasteiger partial charge in [0.1, 0.15) is 0 Å². The highest BCUT2D eigenvalue weighted by Crippen LogP contribution is 2.51. The van der Waals surface area contributed by atoms with Crippen LogP contribution in [-0.4, -0.2) is 8.97 Å². The van der Waals surface area contributed by atoms with E-state index in [9.17, 15) is 0 Å². The minimum absolute atomic E-state index is 0.0189. The van der Waals surface area contributed by atoms with Crippen molar-refractivity contribution in [1.82, 2.24) is 8.97 Å². The van der Waals surface area contributed by atoms with E-state index in [4.69, 9.17) is 0 Å². The average Bonchev–Trinajstić information content (AvgIpc) is 4.08. The molecular formula is C63H45N3. The van der Waals surface area contributed by atoms with E-state index in [1.54, 1.807) is 0 Å². The van der Waals surface area contributed by atoms with Crippen LogP contribution in [0.25, 0.3) is 99.0 Å². The molecule has 0 saturated carbocycles. The van der Waals surface area contributed by atoms with Gasteiger partial charge >= 0.3 is 0 Å². The Hall–Kier alpha value is -8.14. The maximum absolute atomic E-state index is 2.48. The Balaban J connectivity index is 0.921. The zero-order valence-electron chi connectivity index (χ0n) is 37.0. The highest BCUT2D eigenvalue weighted by Gasteiger charge is 2.35. The molecule has 0 N–H and O–H groups in total. The van der Waals surface area contributed by atoms with Gasteiger partial charge in [0.2, 0.25) is 0 Å². The SMILES string of the molecule is CC1(C)c2ccccc2-c2cc(-c3ccc(N(c4ccc(-c5ccc6c(c5)c5ccccc5n6C5=CC=CCC5)cc4)c4ccc5c6ccccc6n6c7ccccc7c4c56)cc3)ccc21. The first-order valence-electron chi connectivity index (χ1n) is 23.3. The molecule has 0 amide bonds. The van der Waals surface area contributed by atoms with Crippen molar-refractivity contribution in [2.75, 3.05) is 4.90 Å². The Morgan fingerprint density at radius 2 is 1.03 bits per heavy atom. The summed E-state index contributed by atoms with van der Waals surface area (Å²) in [7, 11) is 0. The van der Waals surface area contributed by atoms with Crippen molar-refractivity contribution in [2.24, 2.45) is 0 Å². The summed E-state index contributed by atoms with van der Waals surface area (Å²) in [6.07, 6.45) is 8.84. The van der Waals surface area contributed by atoms with Gasteiger partial charge in [-0.05, 0) is 130 Å². The molecule has 12 aromatic rings. The Bertz CT molecular complexity index is 4000. The average molecular weight is 844 g/mol. The molecule has 0 bridgehead atoms. The summed E-state index contributed by atoms with van der Waals surface area (Å²) >= 11 is 0. The number of allylic oxidation sites excluding steroid dienone is 4. The summed E-state index contributed by atoms with van der Waals surface area (Å²) in [5, 5.41) is 7.65. The predicted octanol–water partition coefficient (Wildman–Crippen LogP) is 17.2. The number of fused-ring (bicyclic) bond motifs is 12. The van der Waals surface area contributed by atoms with Crippen LogP contribution in [0, 0.1) is 0 Å². The molecule has 0 saturated heterocycles. The lowest BCUT2D eigenvalue weighted by Gasteiger charge is -2.27. The fraction of sp³-hybridized carbons (Fsp3) is 0.0794. The monoisotopic (exact) mass is 843 g/mol. The molecule has 9 aromatic carbocycles. The molecule has 0 atom stereocenters. The second-order valence-corrected chi connectivity index (χ2v) is 18.8. The number of hydrogen-bond acceptors (Lipinski definition) is 1. The third-order valence-electron chi connectivity index (χ3n) is 14.9. The molecule has 3 heterocycles. The van der Waals surface area contributed by atoms with Crippen molar-refractivity contribution in [3.05, 3.63) is 223 Å². The van der Waals surface area contributed by atoms with E-state index < -0.39 is 0 Å². The van der Waals surface area contributed by atoms with Crippen LogP contribution in [0.5, 0.6) is 0 Å². The number of anilines is 3. The molecule has 0 unspecified atom stereocenters. The largest absolute Gasteiger partial charge is 0.313 e. The van der Waals surface area contributed by atoms with E-state index in [2.05, 4.69) is 240 Å². The smallest absolute Gasteiger partial charge is 0.0641 e. The van der Waals surface area contributed by atoms with Crippen LogP contribution >= 0.6 is 0 Å². The van der Waals surface area contributed by atoms with Crippen LogP contribution in [0.4, 0.5) is 17.1 Å². The van der Waals surface area contributed by atoms with Gasteiger partial charge in [0, 0.05) is 54.8 Å². The number of nitrogens with zero attached hydrogens (tertiary/aromatic N) is 3. The summed E-state index contributed by atoms with van der Waals surface area (Å²) < 4.78 is 4.94. The zero-order chi connectivity index (χ0) is 43.7. The maximum Gasteiger partial charge on any atom is 0.0641 e. The van der Waals surface area contributed by atoms with Crippen molar-refractivity contribution in [1.29, 1.82) is 0 Å². The van der Waals surface area contributed by atoms with Gasteiger partial charge in [0.15, 0.2) is 0 Å². The van der Waals surface area contributed by atoms with Crippen molar-refractivity contribution in [2.45, 2.75) is 32.1 Å². The molecule has 3 aromatic heterocycles. The zero-order valence-corrected chi connectivity index (χ0v) is 37.0. The molecule has 3 heteroatoms. The van der Waals surface area contributed by atoms with E-state index in [1.807, 2.05) is 0 Å². The third kappa shape index (κ3) is 5.26. The topological polar surface area (TPSA) is 12.6 Å². The third-order valence-corrected chi connectivity index (χ3v) is 14.9. The molecule has 14 rings (SSSR count). The van der Waals surface area contributed by atoms with E-state index in [0.29, 0.717) is 0 Å². The molecule has 3 nitrogen and oxygen atoms in total. The van der Waals surface area contributed by atoms with Gasteiger partial charge in [-0.2, -0.15) is 0 Å². The van der Waals surface area contributed by atoms with E-state index in [1.165, 1.54) is 110 Å². The van der Waals surface area contributed by atoms with E-state index in [-0.39, 0.29) is 5.41 Å². The van der Waals surface area contributed by atoms with Crippen LogP contribution in [0.1, 0.15) is 37.8 Å². The summed E-state index contributed by atoms with van der Waals surface area (Å²) in [6.45, 7) is 4.69.